The minimum Gasteiger partial charge on any atom is -0.346 e. The highest BCUT2D eigenvalue weighted by Crippen LogP contribution is 2.41. The third-order valence-electron chi connectivity index (χ3n) is 6.25. The summed E-state index contributed by atoms with van der Waals surface area (Å²) in [6, 6.07) is 6.55. The Balaban J connectivity index is 1.66. The van der Waals surface area contributed by atoms with Gasteiger partial charge >= 0.3 is 0 Å². The second-order valence-corrected chi connectivity index (χ2v) is 9.43. The highest BCUT2D eigenvalue weighted by Gasteiger charge is 2.29. The zero-order chi connectivity index (χ0) is 24.7. The average molecular weight is 493 g/mol. The molecule has 180 valence electrons. The predicted octanol–water partition coefficient (Wildman–Crippen LogP) is 4.65. The molecule has 0 aliphatic carbocycles. The monoisotopic (exact) mass is 492 g/mol. The summed E-state index contributed by atoms with van der Waals surface area (Å²) in [4.78, 5) is 24.4. The first-order valence-corrected chi connectivity index (χ1v) is 11.8. The van der Waals surface area contributed by atoms with Crippen molar-refractivity contribution in [2.24, 2.45) is 0 Å². The van der Waals surface area contributed by atoms with Gasteiger partial charge in [0.1, 0.15) is 17.2 Å². The first-order valence-electron chi connectivity index (χ1n) is 11.4. The maximum Gasteiger partial charge on any atom is 0.246 e. The van der Waals surface area contributed by atoms with Gasteiger partial charge in [-0.2, -0.15) is 5.10 Å². The fraction of sp³-hybridized carbons (Fsp3) is 0.269. The van der Waals surface area contributed by atoms with Crippen molar-refractivity contribution in [1.82, 2.24) is 29.5 Å². The largest absolute Gasteiger partial charge is 0.346 e. The van der Waals surface area contributed by atoms with Crippen LogP contribution in [0, 0.1) is 12.7 Å². The lowest BCUT2D eigenvalue weighted by Gasteiger charge is -2.27. The summed E-state index contributed by atoms with van der Waals surface area (Å²) in [6.45, 7) is 4.11. The summed E-state index contributed by atoms with van der Waals surface area (Å²) < 4.78 is 17.0. The lowest BCUT2D eigenvalue weighted by molar-refractivity contribution is -0.127. The molecular formula is C26H26ClFN6O. The lowest BCUT2D eigenvalue weighted by Crippen LogP contribution is -2.37. The van der Waals surface area contributed by atoms with Crippen LogP contribution in [0.3, 0.4) is 0 Å². The van der Waals surface area contributed by atoms with Crippen LogP contribution in [0.25, 0.3) is 33.4 Å². The molecule has 5 rings (SSSR count). The smallest absolute Gasteiger partial charge is 0.246 e. The van der Waals surface area contributed by atoms with E-state index >= 15 is 4.39 Å². The first kappa shape index (κ1) is 23.3. The highest BCUT2D eigenvalue weighted by molar-refractivity contribution is 6.30. The molecule has 9 heteroatoms. The van der Waals surface area contributed by atoms with Crippen LogP contribution in [-0.4, -0.2) is 62.6 Å². The predicted molar refractivity (Wildman–Crippen MR) is 136 cm³/mol. The molecule has 4 heterocycles. The number of rotatable bonds is 5. The molecule has 0 atom stereocenters. The van der Waals surface area contributed by atoms with Crippen molar-refractivity contribution in [3.8, 4) is 22.4 Å². The van der Waals surface area contributed by atoms with E-state index in [1.54, 1.807) is 29.3 Å². The first-order chi connectivity index (χ1) is 16.8. The molecule has 0 saturated carbocycles. The number of amides is 1. The molecule has 35 heavy (non-hydrogen) atoms. The molecule has 4 aromatic rings. The molecule has 1 aliphatic heterocycles. The fourth-order valence-corrected chi connectivity index (χ4v) is 4.71. The third kappa shape index (κ3) is 4.35. The number of hydrogen-bond acceptors (Lipinski definition) is 4. The molecule has 1 amide bonds. The number of aromatic amines is 1. The van der Waals surface area contributed by atoms with E-state index in [1.807, 2.05) is 48.9 Å². The molecular weight excluding hydrogens is 467 g/mol. The second-order valence-electron chi connectivity index (χ2n) is 9.00. The van der Waals surface area contributed by atoms with Gasteiger partial charge in [-0.3, -0.25) is 9.48 Å². The molecule has 1 aliphatic rings. The Morgan fingerprint density at radius 1 is 1.26 bits per heavy atom. The number of aryl methyl sites for hydroxylation is 1. The molecule has 1 N–H and O–H groups in total. The van der Waals surface area contributed by atoms with Gasteiger partial charge in [0.25, 0.3) is 0 Å². The van der Waals surface area contributed by atoms with Crippen molar-refractivity contribution >= 4 is 28.5 Å². The molecule has 0 unspecified atom stereocenters. The van der Waals surface area contributed by atoms with Gasteiger partial charge in [0.15, 0.2) is 0 Å². The summed E-state index contributed by atoms with van der Waals surface area (Å²) in [5.41, 5.74) is 5.24. The van der Waals surface area contributed by atoms with Gasteiger partial charge in [-0.25, -0.2) is 9.37 Å². The Bertz CT molecular complexity index is 1450. The van der Waals surface area contributed by atoms with Crippen LogP contribution >= 0.6 is 11.6 Å². The Labute approximate surface area is 207 Å². The van der Waals surface area contributed by atoms with Gasteiger partial charge in [0.2, 0.25) is 5.91 Å². The molecule has 0 bridgehead atoms. The number of aromatic nitrogens is 4. The number of carbonyl (C=O) groups is 1. The van der Waals surface area contributed by atoms with Crippen LogP contribution < -0.4 is 0 Å². The number of H-pyrrole nitrogens is 1. The molecule has 0 spiro atoms. The lowest BCUT2D eigenvalue weighted by atomic mass is 9.95. The summed E-state index contributed by atoms with van der Waals surface area (Å²) >= 11 is 6.03. The van der Waals surface area contributed by atoms with E-state index in [0.29, 0.717) is 42.5 Å². The number of likely N-dealkylation sites (N-methyl/N-ethyl adjacent to an activating group) is 1. The Hall–Kier alpha value is -3.49. The summed E-state index contributed by atoms with van der Waals surface area (Å²) in [5, 5.41) is 6.11. The van der Waals surface area contributed by atoms with Crippen molar-refractivity contribution in [2.45, 2.75) is 20.0 Å². The normalized spacial score (nSPS) is 13.8. The van der Waals surface area contributed by atoms with Crippen LogP contribution in [-0.2, 0) is 17.9 Å². The minimum atomic E-state index is -0.440. The van der Waals surface area contributed by atoms with E-state index in [4.69, 9.17) is 16.7 Å². The molecule has 0 saturated heterocycles. The standard InChI is InChI=1S/C26H26ClFN6O/c1-16-14-30-26-23(16)19(8-9-29-26)24-21-15-33(22(35)5-4-10-32(2)3)11-12-34(21)31-25(24)18-7-6-17(27)13-20(18)28/h4-9,13-14H,10-12,15H2,1-3H3,(H,29,30)/b5-4+. The zero-order valence-electron chi connectivity index (χ0n) is 19.8. The number of halogens is 2. The Morgan fingerprint density at radius 3 is 2.86 bits per heavy atom. The number of hydrogen-bond donors (Lipinski definition) is 1. The van der Waals surface area contributed by atoms with E-state index < -0.39 is 5.82 Å². The van der Waals surface area contributed by atoms with Crippen LogP contribution in [0.5, 0.6) is 0 Å². The van der Waals surface area contributed by atoms with E-state index in [9.17, 15) is 4.79 Å². The maximum absolute atomic E-state index is 15.1. The summed E-state index contributed by atoms with van der Waals surface area (Å²) in [6.07, 6.45) is 7.12. The van der Waals surface area contributed by atoms with Crippen molar-refractivity contribution in [3.63, 3.8) is 0 Å². The highest BCUT2D eigenvalue weighted by atomic mass is 35.5. The zero-order valence-corrected chi connectivity index (χ0v) is 20.6. The van der Waals surface area contributed by atoms with Gasteiger partial charge in [-0.15, -0.1) is 0 Å². The van der Waals surface area contributed by atoms with Crippen molar-refractivity contribution in [2.75, 3.05) is 27.2 Å². The molecule has 0 radical (unpaired) electrons. The van der Waals surface area contributed by atoms with Crippen LogP contribution in [0.2, 0.25) is 5.02 Å². The molecule has 0 fully saturated rings. The number of nitrogens with one attached hydrogen (secondary N) is 1. The van der Waals surface area contributed by atoms with Gasteiger partial charge in [0.05, 0.1) is 18.8 Å². The van der Waals surface area contributed by atoms with Gasteiger partial charge in [-0.1, -0.05) is 17.7 Å². The molecule has 3 aromatic heterocycles. The minimum absolute atomic E-state index is 0.0535. The van der Waals surface area contributed by atoms with E-state index in [2.05, 4.69) is 9.97 Å². The van der Waals surface area contributed by atoms with Gasteiger partial charge in [0, 0.05) is 53.1 Å². The molecule has 1 aromatic carbocycles. The SMILES string of the molecule is Cc1c[nH]c2nccc(-c3c(-c4ccc(Cl)cc4F)nn4c3CN(C(=O)/C=C/CN(C)C)CC4)c12. The van der Waals surface area contributed by atoms with E-state index in [0.717, 1.165) is 33.4 Å². The van der Waals surface area contributed by atoms with Crippen molar-refractivity contribution < 1.29 is 9.18 Å². The Kier molecular flexibility index (Phi) is 6.17. The number of benzene rings is 1. The van der Waals surface area contributed by atoms with Crippen LogP contribution in [0.15, 0.2) is 48.8 Å². The molecule has 7 nitrogen and oxygen atoms in total. The Morgan fingerprint density at radius 2 is 2.09 bits per heavy atom. The van der Waals surface area contributed by atoms with E-state index in [-0.39, 0.29) is 5.91 Å². The number of pyridine rings is 1. The summed E-state index contributed by atoms with van der Waals surface area (Å²) in [7, 11) is 3.91. The van der Waals surface area contributed by atoms with Crippen LogP contribution in [0.4, 0.5) is 4.39 Å². The van der Waals surface area contributed by atoms with Crippen LogP contribution in [0.1, 0.15) is 11.3 Å². The van der Waals surface area contributed by atoms with Gasteiger partial charge in [-0.05, 0) is 56.4 Å². The number of nitrogens with zero attached hydrogens (tertiary/aromatic N) is 5. The maximum atomic E-state index is 15.1. The van der Waals surface area contributed by atoms with E-state index in [1.165, 1.54) is 6.07 Å². The van der Waals surface area contributed by atoms with Gasteiger partial charge < -0.3 is 14.8 Å². The number of carbonyl (C=O) groups excluding carboxylic acids is 1. The fourth-order valence-electron chi connectivity index (χ4n) is 4.56. The van der Waals surface area contributed by atoms with Crippen molar-refractivity contribution in [1.29, 1.82) is 0 Å². The quantitative estimate of drug-likeness (QED) is 0.411. The summed E-state index contributed by atoms with van der Waals surface area (Å²) in [5.74, 6) is -0.494. The average Bonchev–Trinajstić information content (AvgIpc) is 3.39. The number of fused-ring (bicyclic) bond motifs is 2. The topological polar surface area (TPSA) is 70.0 Å². The van der Waals surface area contributed by atoms with Crippen molar-refractivity contribution in [3.05, 3.63) is 70.9 Å². The third-order valence-corrected chi connectivity index (χ3v) is 6.48. The second kappa shape index (κ2) is 9.28.